The minimum absolute atomic E-state index is 0.941. The molecule has 0 bridgehead atoms. The van der Waals surface area contributed by atoms with Crippen molar-refractivity contribution in [1.82, 2.24) is 9.97 Å². The first-order valence-electron chi connectivity index (χ1n) is 19.8. The summed E-state index contributed by atoms with van der Waals surface area (Å²) in [7, 11) is 0. The summed E-state index contributed by atoms with van der Waals surface area (Å²) < 4.78 is 0. The highest BCUT2D eigenvalue weighted by atomic mass is 14.7. The molecular weight excluding hydrogens is 701 g/mol. The highest BCUT2D eigenvalue weighted by Gasteiger charge is 2.17. The molecule has 0 aliphatic carbocycles. The number of aromatic nitrogens is 2. The number of fused-ring (bicyclic) bond motifs is 5. The fraction of sp³-hybridized carbons (Fsp3) is 0. The van der Waals surface area contributed by atoms with Crippen LogP contribution in [0.3, 0.4) is 0 Å². The van der Waals surface area contributed by atoms with Gasteiger partial charge >= 0.3 is 0 Å². The lowest BCUT2D eigenvalue weighted by Gasteiger charge is -2.17. The molecule has 2 heterocycles. The molecule has 0 unspecified atom stereocenters. The summed E-state index contributed by atoms with van der Waals surface area (Å²) in [6, 6.07) is 78.2. The Labute approximate surface area is 337 Å². The Morgan fingerprint density at radius 1 is 0.241 bits per heavy atom. The Hall–Kier alpha value is -7.68. The zero-order chi connectivity index (χ0) is 38.4. The summed E-state index contributed by atoms with van der Waals surface area (Å²) in [6.45, 7) is 0. The first-order chi connectivity index (χ1) is 28.7. The summed E-state index contributed by atoms with van der Waals surface area (Å²) in [4.78, 5) is 10.5. The fourth-order valence-corrected chi connectivity index (χ4v) is 8.58. The smallest absolute Gasteiger partial charge is 0.0794 e. The molecule has 0 aliphatic rings. The van der Waals surface area contributed by atoms with Gasteiger partial charge in [0.05, 0.1) is 22.2 Å². The first kappa shape index (κ1) is 33.6. The molecule has 11 aromatic rings. The second kappa shape index (κ2) is 14.1. The van der Waals surface area contributed by atoms with Gasteiger partial charge in [-0.25, -0.2) is 9.97 Å². The van der Waals surface area contributed by atoms with E-state index >= 15 is 0 Å². The number of hydrogen-bond acceptors (Lipinski definition) is 2. The Morgan fingerprint density at radius 2 is 0.638 bits per heavy atom. The molecule has 0 atom stereocenters. The highest BCUT2D eigenvalue weighted by molar-refractivity contribution is 6.16. The van der Waals surface area contributed by atoms with E-state index in [4.69, 9.17) is 9.97 Å². The second-order valence-corrected chi connectivity index (χ2v) is 14.9. The molecule has 0 aliphatic heterocycles. The van der Waals surface area contributed by atoms with Gasteiger partial charge in [0.25, 0.3) is 0 Å². The number of rotatable bonds is 6. The van der Waals surface area contributed by atoms with Gasteiger partial charge in [-0.1, -0.05) is 194 Å². The van der Waals surface area contributed by atoms with E-state index in [-0.39, 0.29) is 0 Å². The predicted molar refractivity (Wildman–Crippen MR) is 245 cm³/mol. The van der Waals surface area contributed by atoms with Crippen molar-refractivity contribution in [1.29, 1.82) is 0 Å². The van der Waals surface area contributed by atoms with Crippen LogP contribution in [0.1, 0.15) is 0 Å². The van der Waals surface area contributed by atoms with Crippen LogP contribution in [0.2, 0.25) is 0 Å². The van der Waals surface area contributed by atoms with Crippen LogP contribution in [0.5, 0.6) is 0 Å². The maximum Gasteiger partial charge on any atom is 0.0794 e. The van der Waals surface area contributed by atoms with Gasteiger partial charge in [0.2, 0.25) is 0 Å². The van der Waals surface area contributed by atoms with Crippen molar-refractivity contribution in [3.05, 3.63) is 218 Å². The number of nitrogens with zero attached hydrogens (tertiary/aromatic N) is 2. The van der Waals surface area contributed by atoms with Crippen molar-refractivity contribution in [3.8, 4) is 66.9 Å². The van der Waals surface area contributed by atoms with Gasteiger partial charge in [-0.2, -0.15) is 0 Å². The molecule has 0 spiro atoms. The third-order valence-corrected chi connectivity index (χ3v) is 11.5. The monoisotopic (exact) mass is 736 g/mol. The third kappa shape index (κ3) is 5.91. The lowest BCUT2D eigenvalue weighted by Crippen LogP contribution is -1.94. The summed E-state index contributed by atoms with van der Waals surface area (Å²) >= 11 is 0. The van der Waals surface area contributed by atoms with E-state index in [2.05, 4.69) is 218 Å². The summed E-state index contributed by atoms with van der Waals surface area (Å²) in [5.74, 6) is 0. The molecule has 0 fully saturated rings. The third-order valence-electron chi connectivity index (χ3n) is 11.5. The molecule has 270 valence electrons. The molecule has 0 saturated carbocycles. The average molecular weight is 737 g/mol. The van der Waals surface area contributed by atoms with Gasteiger partial charge in [0.1, 0.15) is 0 Å². The zero-order valence-corrected chi connectivity index (χ0v) is 31.7. The Bertz CT molecular complexity index is 3230. The van der Waals surface area contributed by atoms with E-state index in [0.717, 1.165) is 66.0 Å². The molecule has 0 N–H and O–H groups in total. The molecule has 9 aromatic carbocycles. The van der Waals surface area contributed by atoms with Crippen molar-refractivity contribution in [3.63, 3.8) is 0 Å². The maximum absolute atomic E-state index is 5.51. The van der Waals surface area contributed by atoms with Crippen molar-refractivity contribution < 1.29 is 0 Å². The van der Waals surface area contributed by atoms with Crippen LogP contribution in [-0.2, 0) is 0 Å². The van der Waals surface area contributed by atoms with Gasteiger partial charge in [-0.3, -0.25) is 0 Å². The van der Waals surface area contributed by atoms with Gasteiger partial charge < -0.3 is 0 Å². The van der Waals surface area contributed by atoms with Gasteiger partial charge in [-0.05, 0) is 79.7 Å². The molecule has 11 rings (SSSR count). The van der Waals surface area contributed by atoms with Crippen molar-refractivity contribution in [2.45, 2.75) is 0 Å². The maximum atomic E-state index is 5.51. The van der Waals surface area contributed by atoms with E-state index in [1.807, 2.05) is 0 Å². The molecule has 58 heavy (non-hydrogen) atoms. The molecule has 2 aromatic heterocycles. The number of benzene rings is 9. The highest BCUT2D eigenvalue weighted by Crippen LogP contribution is 2.42. The van der Waals surface area contributed by atoms with Gasteiger partial charge in [0, 0.05) is 32.7 Å². The van der Waals surface area contributed by atoms with E-state index in [1.165, 1.54) is 44.3 Å². The number of hydrogen-bond donors (Lipinski definition) is 0. The van der Waals surface area contributed by atoms with Crippen LogP contribution < -0.4 is 0 Å². The normalized spacial score (nSPS) is 11.4. The summed E-state index contributed by atoms with van der Waals surface area (Å²) in [5, 5.41) is 5.75. The van der Waals surface area contributed by atoms with E-state index in [9.17, 15) is 0 Å². The predicted octanol–water partition coefficient (Wildman–Crippen LogP) is 15.1. The van der Waals surface area contributed by atoms with Crippen molar-refractivity contribution in [2.75, 3.05) is 0 Å². The molecule has 2 heteroatoms. The molecule has 0 saturated heterocycles. The lowest BCUT2D eigenvalue weighted by molar-refractivity contribution is 1.41. The average Bonchev–Trinajstić information content (AvgIpc) is 3.31. The summed E-state index contributed by atoms with van der Waals surface area (Å²) in [6.07, 6.45) is 0. The van der Waals surface area contributed by atoms with Gasteiger partial charge in [0.15, 0.2) is 0 Å². The number of pyridine rings is 2. The molecule has 0 amide bonds. The SMILES string of the molecule is c1ccc(-c2ccc(-c3cc4c(-c5ccc(-c6ccccc6)cc5)cc(-c5ccc(-c6c7ccccc7nc7ccccc67)cc5)nc4c4ccccc34)cc2)cc1. The van der Waals surface area contributed by atoms with E-state index < -0.39 is 0 Å². The first-order valence-corrected chi connectivity index (χ1v) is 19.8. The Morgan fingerprint density at radius 3 is 1.19 bits per heavy atom. The largest absolute Gasteiger partial charge is 0.248 e. The topological polar surface area (TPSA) is 25.8 Å². The molecular formula is C56H36N2. The standard InChI is InChI=1S/C56H36N2/c1-3-13-37(14-4-1)39-23-27-41(28-24-39)49-35-51-50(42-29-25-40(26-30-42)38-15-5-2-6-16-38)36-54(58-56(51)46-18-8-7-17-45(46)49)43-31-33-44(34-32-43)55-47-19-9-11-21-52(47)57-53-22-12-10-20-48(53)55/h1-36H. The minimum atomic E-state index is 0.941. The van der Waals surface area contributed by atoms with Crippen LogP contribution in [-0.4, -0.2) is 9.97 Å². The quantitative estimate of drug-likeness (QED) is 0.125. The molecule has 2 nitrogen and oxygen atoms in total. The van der Waals surface area contributed by atoms with Crippen LogP contribution >= 0.6 is 0 Å². The van der Waals surface area contributed by atoms with Gasteiger partial charge in [-0.15, -0.1) is 0 Å². The van der Waals surface area contributed by atoms with Crippen LogP contribution in [0.4, 0.5) is 0 Å². The summed E-state index contributed by atoms with van der Waals surface area (Å²) in [5.41, 5.74) is 16.9. The van der Waals surface area contributed by atoms with Crippen molar-refractivity contribution >= 4 is 43.5 Å². The minimum Gasteiger partial charge on any atom is -0.248 e. The molecule has 0 radical (unpaired) electrons. The van der Waals surface area contributed by atoms with E-state index in [0.29, 0.717) is 0 Å². The Kier molecular flexibility index (Phi) is 8.19. The lowest BCUT2D eigenvalue weighted by atomic mass is 9.90. The van der Waals surface area contributed by atoms with Crippen LogP contribution in [0.25, 0.3) is 110 Å². The van der Waals surface area contributed by atoms with Crippen molar-refractivity contribution in [2.24, 2.45) is 0 Å². The second-order valence-electron chi connectivity index (χ2n) is 14.9. The number of para-hydroxylation sites is 2. The van der Waals surface area contributed by atoms with Crippen LogP contribution in [0, 0.1) is 0 Å². The Balaban J connectivity index is 1.09. The van der Waals surface area contributed by atoms with E-state index in [1.54, 1.807) is 0 Å². The zero-order valence-electron chi connectivity index (χ0n) is 31.7. The van der Waals surface area contributed by atoms with Crippen LogP contribution in [0.15, 0.2) is 218 Å². The fourth-order valence-electron chi connectivity index (χ4n) is 8.58.